The number of aryl methyl sites for hydroxylation is 1. The summed E-state index contributed by atoms with van der Waals surface area (Å²) in [6, 6.07) is 5.72. The first-order chi connectivity index (χ1) is 8.05. The molecule has 1 aliphatic carbocycles. The van der Waals surface area contributed by atoms with Gasteiger partial charge in [0.25, 0.3) is 0 Å². The maximum atomic E-state index is 12.0. The number of carbonyl (C=O) groups is 1. The number of carbonyl (C=O) groups excluding carboxylic acids is 1. The van der Waals surface area contributed by atoms with Gasteiger partial charge < -0.3 is 9.47 Å². The van der Waals surface area contributed by atoms with E-state index in [-0.39, 0.29) is 5.78 Å². The molecule has 0 unspecified atom stereocenters. The fourth-order valence-electron chi connectivity index (χ4n) is 2.36. The number of methoxy groups -OCH3 is 2. The Labute approximate surface area is 101 Å². The first kappa shape index (κ1) is 12.0. The minimum atomic E-state index is -0.934. The summed E-state index contributed by atoms with van der Waals surface area (Å²) in [5.74, 6) is -0.928. The van der Waals surface area contributed by atoms with Crippen molar-refractivity contribution in [2.75, 3.05) is 14.2 Å². The molecule has 0 aliphatic heterocycles. The van der Waals surface area contributed by atoms with Crippen molar-refractivity contribution >= 4 is 5.78 Å². The molecule has 3 heteroatoms. The van der Waals surface area contributed by atoms with Crippen LogP contribution in [-0.4, -0.2) is 20.0 Å². The molecular formula is C14H16O3. The van der Waals surface area contributed by atoms with Crippen LogP contribution in [0.15, 0.2) is 29.8 Å². The number of fused-ring (bicyclic) bond motifs is 1. The zero-order valence-corrected chi connectivity index (χ0v) is 10.5. The number of rotatable bonds is 2. The monoisotopic (exact) mass is 232 g/mol. The van der Waals surface area contributed by atoms with Gasteiger partial charge in [-0.2, -0.15) is 0 Å². The van der Waals surface area contributed by atoms with E-state index in [0.717, 1.165) is 16.7 Å². The van der Waals surface area contributed by atoms with Gasteiger partial charge >= 0.3 is 0 Å². The molecule has 0 radical (unpaired) electrons. The van der Waals surface area contributed by atoms with E-state index in [2.05, 4.69) is 0 Å². The molecule has 0 heterocycles. The van der Waals surface area contributed by atoms with Crippen LogP contribution in [0.2, 0.25) is 0 Å². The average Bonchev–Trinajstić information content (AvgIpc) is 2.31. The van der Waals surface area contributed by atoms with Crippen LogP contribution in [0.4, 0.5) is 0 Å². The quantitative estimate of drug-likeness (QED) is 0.735. The average molecular weight is 232 g/mol. The van der Waals surface area contributed by atoms with Crippen LogP contribution in [0, 0.1) is 6.92 Å². The summed E-state index contributed by atoms with van der Waals surface area (Å²) in [6.45, 7) is 3.80. The van der Waals surface area contributed by atoms with E-state index in [1.807, 2.05) is 32.0 Å². The second-order valence-electron chi connectivity index (χ2n) is 4.27. The van der Waals surface area contributed by atoms with Crippen LogP contribution in [0.3, 0.4) is 0 Å². The Hall–Kier alpha value is -1.45. The number of ether oxygens (including phenoxy) is 2. The predicted octanol–water partition coefficient (Wildman–Crippen LogP) is 2.58. The molecule has 0 saturated carbocycles. The lowest BCUT2D eigenvalue weighted by Crippen LogP contribution is -2.37. The lowest BCUT2D eigenvalue weighted by molar-refractivity contribution is -0.187. The van der Waals surface area contributed by atoms with Crippen molar-refractivity contribution in [2.45, 2.75) is 19.6 Å². The van der Waals surface area contributed by atoms with Crippen LogP contribution >= 0.6 is 0 Å². The molecule has 0 N–H and O–H groups in total. The van der Waals surface area contributed by atoms with Crippen molar-refractivity contribution in [1.29, 1.82) is 0 Å². The van der Waals surface area contributed by atoms with Crippen LogP contribution in [-0.2, 0) is 15.3 Å². The highest BCUT2D eigenvalue weighted by atomic mass is 16.7. The lowest BCUT2D eigenvalue weighted by Gasteiger charge is -2.36. The number of hydrogen-bond donors (Lipinski definition) is 0. The largest absolute Gasteiger partial charge is 0.346 e. The van der Waals surface area contributed by atoms with Gasteiger partial charge in [0.05, 0.1) is 0 Å². The Kier molecular flexibility index (Phi) is 2.89. The van der Waals surface area contributed by atoms with E-state index in [9.17, 15) is 4.79 Å². The Bertz CT molecular complexity index is 496. The highest BCUT2D eigenvalue weighted by Gasteiger charge is 2.40. The van der Waals surface area contributed by atoms with Gasteiger partial charge in [-0.3, -0.25) is 4.79 Å². The van der Waals surface area contributed by atoms with Gasteiger partial charge in [0.1, 0.15) is 0 Å². The van der Waals surface area contributed by atoms with Gasteiger partial charge in [0.15, 0.2) is 5.78 Å². The third-order valence-electron chi connectivity index (χ3n) is 3.24. The molecule has 0 saturated heterocycles. The van der Waals surface area contributed by atoms with Crippen molar-refractivity contribution in [1.82, 2.24) is 0 Å². The third kappa shape index (κ3) is 1.63. The molecule has 0 amide bonds. The summed E-state index contributed by atoms with van der Waals surface area (Å²) in [4.78, 5) is 12.0. The molecule has 0 spiro atoms. The van der Waals surface area contributed by atoms with Crippen LogP contribution in [0.25, 0.3) is 0 Å². The maximum Gasteiger partial charge on any atom is 0.218 e. The SMILES string of the molecule is COC1(OC)C(C)=CC(=O)c2cc(C)ccc21. The van der Waals surface area contributed by atoms with E-state index in [4.69, 9.17) is 9.47 Å². The number of benzene rings is 1. The van der Waals surface area contributed by atoms with Gasteiger partial charge in [0.2, 0.25) is 5.79 Å². The maximum absolute atomic E-state index is 12.0. The molecule has 1 aromatic carbocycles. The number of hydrogen-bond acceptors (Lipinski definition) is 3. The molecular weight excluding hydrogens is 216 g/mol. The van der Waals surface area contributed by atoms with E-state index in [0.29, 0.717) is 5.56 Å². The van der Waals surface area contributed by atoms with Gasteiger partial charge in [-0.05, 0) is 31.6 Å². The molecule has 0 bridgehead atoms. The molecule has 90 valence electrons. The smallest absolute Gasteiger partial charge is 0.218 e. The molecule has 1 aliphatic rings. The molecule has 0 fully saturated rings. The van der Waals surface area contributed by atoms with Gasteiger partial charge in [-0.25, -0.2) is 0 Å². The van der Waals surface area contributed by atoms with Crippen molar-refractivity contribution < 1.29 is 14.3 Å². The Morgan fingerprint density at radius 3 is 2.35 bits per heavy atom. The van der Waals surface area contributed by atoms with Gasteiger partial charge in [-0.15, -0.1) is 0 Å². The van der Waals surface area contributed by atoms with Crippen LogP contribution in [0.1, 0.15) is 28.4 Å². The number of allylic oxidation sites excluding steroid dienone is 1. The molecule has 1 aromatic rings. The van der Waals surface area contributed by atoms with Crippen molar-refractivity contribution in [3.8, 4) is 0 Å². The fraction of sp³-hybridized carbons (Fsp3) is 0.357. The molecule has 2 rings (SSSR count). The minimum absolute atomic E-state index is 0.00549. The zero-order chi connectivity index (χ0) is 12.6. The highest BCUT2D eigenvalue weighted by molar-refractivity contribution is 6.08. The Morgan fingerprint density at radius 1 is 1.12 bits per heavy atom. The van der Waals surface area contributed by atoms with E-state index >= 15 is 0 Å². The second kappa shape index (κ2) is 4.09. The summed E-state index contributed by atoms with van der Waals surface area (Å²) in [5.41, 5.74) is 3.24. The summed E-state index contributed by atoms with van der Waals surface area (Å²) < 4.78 is 11.0. The summed E-state index contributed by atoms with van der Waals surface area (Å²) in [5, 5.41) is 0. The van der Waals surface area contributed by atoms with Crippen LogP contribution < -0.4 is 0 Å². The minimum Gasteiger partial charge on any atom is -0.346 e. The lowest BCUT2D eigenvalue weighted by atomic mass is 9.85. The first-order valence-corrected chi connectivity index (χ1v) is 5.49. The second-order valence-corrected chi connectivity index (χ2v) is 4.27. The topological polar surface area (TPSA) is 35.5 Å². The predicted molar refractivity (Wildman–Crippen MR) is 65.0 cm³/mol. The Balaban J connectivity index is 2.72. The van der Waals surface area contributed by atoms with E-state index in [1.54, 1.807) is 20.3 Å². The summed E-state index contributed by atoms with van der Waals surface area (Å²) >= 11 is 0. The Morgan fingerprint density at radius 2 is 1.76 bits per heavy atom. The molecule has 0 atom stereocenters. The molecule has 3 nitrogen and oxygen atoms in total. The number of ketones is 1. The summed E-state index contributed by atoms with van der Waals surface area (Å²) in [7, 11) is 3.17. The van der Waals surface area contributed by atoms with Crippen molar-refractivity contribution in [3.05, 3.63) is 46.5 Å². The van der Waals surface area contributed by atoms with Crippen LogP contribution in [0.5, 0.6) is 0 Å². The highest BCUT2D eigenvalue weighted by Crippen LogP contribution is 2.39. The fourth-order valence-corrected chi connectivity index (χ4v) is 2.36. The zero-order valence-electron chi connectivity index (χ0n) is 10.5. The van der Waals surface area contributed by atoms with Crippen molar-refractivity contribution in [3.63, 3.8) is 0 Å². The molecule has 17 heavy (non-hydrogen) atoms. The van der Waals surface area contributed by atoms with Gasteiger partial charge in [-0.1, -0.05) is 17.7 Å². The third-order valence-corrected chi connectivity index (χ3v) is 3.24. The standard InChI is InChI=1S/C14H16O3/c1-9-5-6-12-11(7-9)13(15)8-10(2)14(12,16-3)17-4/h5-8H,1-4H3. The van der Waals surface area contributed by atoms with E-state index in [1.165, 1.54) is 0 Å². The summed E-state index contributed by atoms with van der Waals surface area (Å²) in [6.07, 6.45) is 1.58. The molecule has 0 aromatic heterocycles. The first-order valence-electron chi connectivity index (χ1n) is 5.49. The van der Waals surface area contributed by atoms with Gasteiger partial charge in [0, 0.05) is 25.3 Å². The normalized spacial score (nSPS) is 17.6. The van der Waals surface area contributed by atoms with E-state index < -0.39 is 5.79 Å². The van der Waals surface area contributed by atoms with Crippen molar-refractivity contribution in [2.24, 2.45) is 0 Å².